The number of nitrogens with zero attached hydrogens (tertiary/aromatic N) is 2. The number of halogens is 2. The number of carbonyl (C=O) groups excluding carboxylic acids is 1. The van der Waals surface area contributed by atoms with Gasteiger partial charge in [-0.15, -0.1) is 12.4 Å². The van der Waals surface area contributed by atoms with Crippen molar-refractivity contribution in [1.82, 2.24) is 20.4 Å². The van der Waals surface area contributed by atoms with E-state index < -0.39 is 0 Å². The molecule has 0 saturated carbocycles. The van der Waals surface area contributed by atoms with Crippen molar-refractivity contribution in [2.24, 2.45) is 0 Å². The molecule has 1 fully saturated rings. The highest BCUT2D eigenvalue weighted by molar-refractivity contribution is 5.85. The van der Waals surface area contributed by atoms with Gasteiger partial charge in [0, 0.05) is 24.8 Å². The summed E-state index contributed by atoms with van der Waals surface area (Å²) < 4.78 is 13.3. The molecule has 1 atom stereocenters. The molecule has 3 rings (SSSR count). The lowest BCUT2D eigenvalue weighted by Gasteiger charge is -2.21. The van der Waals surface area contributed by atoms with Gasteiger partial charge in [0.05, 0.1) is 11.7 Å². The number of benzene rings is 1. The molecule has 0 radical (unpaired) electrons. The second kappa shape index (κ2) is 10.4. The molecule has 0 aliphatic carbocycles. The summed E-state index contributed by atoms with van der Waals surface area (Å²) in [5, 5.41) is 10.6. The molecule has 1 aromatic heterocycles. The first-order valence-corrected chi connectivity index (χ1v) is 9.42. The van der Waals surface area contributed by atoms with Crippen LogP contribution in [0.4, 0.5) is 4.39 Å². The third-order valence-electron chi connectivity index (χ3n) is 4.93. The summed E-state index contributed by atoms with van der Waals surface area (Å²) in [4.78, 5) is 14.1. The Kier molecular flexibility index (Phi) is 8.25. The van der Waals surface area contributed by atoms with E-state index in [1.807, 2.05) is 24.1 Å². The Bertz CT molecular complexity index is 730. The van der Waals surface area contributed by atoms with E-state index in [1.165, 1.54) is 12.1 Å². The molecule has 1 aromatic carbocycles. The van der Waals surface area contributed by atoms with Crippen molar-refractivity contribution in [3.05, 3.63) is 41.8 Å². The summed E-state index contributed by atoms with van der Waals surface area (Å²) in [6, 6.07) is 8.47. The number of aromatic nitrogens is 2. The van der Waals surface area contributed by atoms with Crippen LogP contribution >= 0.6 is 12.4 Å². The van der Waals surface area contributed by atoms with Gasteiger partial charge in [0.15, 0.2) is 0 Å². The number of aromatic amines is 1. The molecule has 1 amide bonds. The van der Waals surface area contributed by atoms with Crippen molar-refractivity contribution < 1.29 is 9.18 Å². The smallest absolute Gasteiger partial charge is 0.239 e. The maximum atomic E-state index is 13.3. The zero-order valence-corrected chi connectivity index (χ0v) is 16.5. The SMILES string of the molecule is CN(CCCCCc1cc(-c2cccc(F)c2)n[nH]1)C(=O)C1CCCN1.Cl. The predicted octanol–water partition coefficient (Wildman–Crippen LogP) is 3.56. The number of carbonyl (C=O) groups is 1. The van der Waals surface area contributed by atoms with Gasteiger partial charge in [-0.2, -0.15) is 5.10 Å². The van der Waals surface area contributed by atoms with E-state index >= 15 is 0 Å². The Morgan fingerprint density at radius 2 is 2.15 bits per heavy atom. The van der Waals surface area contributed by atoms with Crippen molar-refractivity contribution in [2.75, 3.05) is 20.1 Å². The molecule has 27 heavy (non-hydrogen) atoms. The third-order valence-corrected chi connectivity index (χ3v) is 4.93. The van der Waals surface area contributed by atoms with Gasteiger partial charge in [-0.25, -0.2) is 4.39 Å². The summed E-state index contributed by atoms with van der Waals surface area (Å²) in [5.74, 6) is -0.0330. The molecule has 0 bridgehead atoms. The number of hydrogen-bond donors (Lipinski definition) is 2. The van der Waals surface area contributed by atoms with Gasteiger partial charge in [-0.1, -0.05) is 18.6 Å². The monoisotopic (exact) mass is 394 g/mol. The Morgan fingerprint density at radius 1 is 1.30 bits per heavy atom. The van der Waals surface area contributed by atoms with Gasteiger partial charge in [0.1, 0.15) is 5.82 Å². The Morgan fingerprint density at radius 3 is 2.89 bits per heavy atom. The van der Waals surface area contributed by atoms with Crippen LogP contribution in [0, 0.1) is 5.82 Å². The van der Waals surface area contributed by atoms with Crippen molar-refractivity contribution in [3.63, 3.8) is 0 Å². The van der Waals surface area contributed by atoms with Crippen molar-refractivity contribution in [3.8, 4) is 11.3 Å². The van der Waals surface area contributed by atoms with E-state index in [9.17, 15) is 9.18 Å². The molecule has 2 aromatic rings. The molecule has 1 unspecified atom stereocenters. The van der Waals surface area contributed by atoms with Crippen molar-refractivity contribution >= 4 is 18.3 Å². The maximum Gasteiger partial charge on any atom is 0.239 e. The van der Waals surface area contributed by atoms with E-state index in [0.717, 1.165) is 68.6 Å². The average molecular weight is 395 g/mol. The van der Waals surface area contributed by atoms with Crippen molar-refractivity contribution in [2.45, 2.75) is 44.6 Å². The third kappa shape index (κ3) is 6.04. The fourth-order valence-corrected chi connectivity index (χ4v) is 3.40. The van der Waals surface area contributed by atoms with Crippen LogP contribution in [0.5, 0.6) is 0 Å². The van der Waals surface area contributed by atoms with Gasteiger partial charge >= 0.3 is 0 Å². The Balaban J connectivity index is 0.00000261. The van der Waals surface area contributed by atoms with Crippen LogP contribution < -0.4 is 5.32 Å². The van der Waals surface area contributed by atoms with Gasteiger partial charge in [0.25, 0.3) is 0 Å². The Labute approximate surface area is 166 Å². The zero-order valence-electron chi connectivity index (χ0n) is 15.7. The largest absolute Gasteiger partial charge is 0.344 e. The minimum Gasteiger partial charge on any atom is -0.344 e. The molecule has 5 nitrogen and oxygen atoms in total. The molecule has 2 heterocycles. The highest BCUT2D eigenvalue weighted by atomic mass is 35.5. The van der Waals surface area contributed by atoms with Crippen LogP contribution in [0.25, 0.3) is 11.3 Å². The normalized spacial score (nSPS) is 16.1. The van der Waals surface area contributed by atoms with Crippen LogP contribution in [-0.4, -0.2) is 47.2 Å². The van der Waals surface area contributed by atoms with E-state index in [2.05, 4.69) is 15.5 Å². The highest BCUT2D eigenvalue weighted by Gasteiger charge is 2.24. The summed E-state index contributed by atoms with van der Waals surface area (Å²) in [7, 11) is 1.89. The molecule has 148 valence electrons. The quantitative estimate of drug-likeness (QED) is 0.673. The number of unbranched alkanes of at least 4 members (excludes halogenated alkanes) is 2. The topological polar surface area (TPSA) is 61.0 Å². The zero-order chi connectivity index (χ0) is 18.4. The minimum absolute atomic E-state index is 0. The Hall–Kier alpha value is -1.92. The maximum absolute atomic E-state index is 13.3. The number of nitrogens with one attached hydrogen (secondary N) is 2. The number of likely N-dealkylation sites (N-methyl/N-ethyl adjacent to an activating group) is 1. The van der Waals surface area contributed by atoms with Gasteiger partial charge in [-0.3, -0.25) is 9.89 Å². The second-order valence-corrected chi connectivity index (χ2v) is 7.01. The lowest BCUT2D eigenvalue weighted by atomic mass is 10.1. The molecule has 2 N–H and O–H groups in total. The van der Waals surface area contributed by atoms with Gasteiger partial charge < -0.3 is 10.2 Å². The molecule has 0 spiro atoms. The fourth-order valence-electron chi connectivity index (χ4n) is 3.40. The van der Waals surface area contributed by atoms with E-state index in [4.69, 9.17) is 0 Å². The van der Waals surface area contributed by atoms with Gasteiger partial charge in [0.2, 0.25) is 5.91 Å². The average Bonchev–Trinajstić information content (AvgIpc) is 3.32. The molecular weight excluding hydrogens is 367 g/mol. The number of amides is 1. The highest BCUT2D eigenvalue weighted by Crippen LogP contribution is 2.19. The number of hydrogen-bond acceptors (Lipinski definition) is 3. The number of aryl methyl sites for hydroxylation is 1. The minimum atomic E-state index is -0.251. The summed E-state index contributed by atoms with van der Waals surface area (Å²) in [5.41, 5.74) is 2.62. The van der Waals surface area contributed by atoms with E-state index in [1.54, 1.807) is 6.07 Å². The molecule has 1 aliphatic heterocycles. The van der Waals surface area contributed by atoms with Crippen LogP contribution in [0.15, 0.2) is 30.3 Å². The second-order valence-electron chi connectivity index (χ2n) is 7.01. The van der Waals surface area contributed by atoms with E-state index in [0.29, 0.717) is 0 Å². The number of rotatable bonds is 8. The summed E-state index contributed by atoms with van der Waals surface area (Å²) in [6.07, 6.45) is 6.05. The van der Waals surface area contributed by atoms with Crippen LogP contribution in [0.2, 0.25) is 0 Å². The molecule has 1 saturated heterocycles. The molecule has 1 aliphatic rings. The lowest BCUT2D eigenvalue weighted by Crippen LogP contribution is -2.41. The molecule has 7 heteroatoms. The predicted molar refractivity (Wildman–Crippen MR) is 107 cm³/mol. The first-order chi connectivity index (χ1) is 12.6. The molecular formula is C20H28ClFN4O. The van der Waals surface area contributed by atoms with Gasteiger partial charge in [-0.05, 0) is 56.8 Å². The number of H-pyrrole nitrogens is 1. The van der Waals surface area contributed by atoms with E-state index in [-0.39, 0.29) is 30.2 Å². The van der Waals surface area contributed by atoms with Crippen molar-refractivity contribution in [1.29, 1.82) is 0 Å². The summed E-state index contributed by atoms with van der Waals surface area (Å²) in [6.45, 7) is 1.75. The standard InChI is InChI=1S/C20H27FN4O.ClH/c1-25(20(26)18-10-6-11-22-18)12-4-2-3-9-17-14-19(24-23-17)15-7-5-8-16(21)13-15;/h5,7-8,13-14,18,22H,2-4,6,9-12H2,1H3,(H,23,24);1H. The fraction of sp³-hybridized carbons (Fsp3) is 0.500. The lowest BCUT2D eigenvalue weighted by molar-refractivity contribution is -0.131. The van der Waals surface area contributed by atoms with Crippen LogP contribution in [-0.2, 0) is 11.2 Å². The first kappa shape index (κ1) is 21.4. The first-order valence-electron chi connectivity index (χ1n) is 9.42. The van der Waals surface area contributed by atoms with Crippen LogP contribution in [0.1, 0.15) is 37.8 Å². The van der Waals surface area contributed by atoms with Crippen LogP contribution in [0.3, 0.4) is 0 Å². The summed E-state index contributed by atoms with van der Waals surface area (Å²) >= 11 is 0.